The zero-order valence-electron chi connectivity index (χ0n) is 10.6. The lowest BCUT2D eigenvalue weighted by atomic mass is 10.0. The van der Waals surface area contributed by atoms with Gasteiger partial charge in [0, 0.05) is 0 Å². The fourth-order valence-electron chi connectivity index (χ4n) is 2.45. The first-order chi connectivity index (χ1) is 8.74. The first kappa shape index (κ1) is 11.0. The van der Waals surface area contributed by atoms with E-state index in [1.165, 1.54) is 27.8 Å². The first-order valence-electron chi connectivity index (χ1n) is 6.29. The Morgan fingerprint density at radius 2 is 1.83 bits per heavy atom. The van der Waals surface area contributed by atoms with Gasteiger partial charge in [-0.25, -0.2) is 0 Å². The molecule has 0 N–H and O–H groups in total. The zero-order valence-corrected chi connectivity index (χ0v) is 10.6. The van der Waals surface area contributed by atoms with Gasteiger partial charge < -0.3 is 0 Å². The van der Waals surface area contributed by atoms with Crippen molar-refractivity contribution in [3.63, 3.8) is 0 Å². The molecule has 0 heteroatoms. The molecule has 0 spiro atoms. The monoisotopic (exact) mass is 232 g/mol. The summed E-state index contributed by atoms with van der Waals surface area (Å²) in [5.74, 6) is 0. The van der Waals surface area contributed by atoms with Crippen LogP contribution in [0.5, 0.6) is 0 Å². The summed E-state index contributed by atoms with van der Waals surface area (Å²) < 4.78 is 0. The maximum Gasteiger partial charge on any atom is -0.00135 e. The molecule has 0 bridgehead atoms. The van der Waals surface area contributed by atoms with Crippen LogP contribution in [-0.4, -0.2) is 0 Å². The molecule has 0 nitrogen and oxygen atoms in total. The number of hydrogen-bond acceptors (Lipinski definition) is 0. The molecule has 0 amide bonds. The Kier molecular flexibility index (Phi) is 2.64. The van der Waals surface area contributed by atoms with Crippen molar-refractivity contribution >= 4 is 17.2 Å². The van der Waals surface area contributed by atoms with E-state index in [9.17, 15) is 0 Å². The van der Waals surface area contributed by atoms with Gasteiger partial charge in [-0.3, -0.25) is 0 Å². The van der Waals surface area contributed by atoms with Crippen LogP contribution in [0.25, 0.3) is 17.2 Å². The smallest absolute Gasteiger partial charge is 0.00135 e. The molecule has 0 aliphatic heterocycles. The van der Waals surface area contributed by atoms with Crippen molar-refractivity contribution in [1.82, 2.24) is 0 Å². The average molecular weight is 232 g/mol. The fourth-order valence-corrected chi connectivity index (χ4v) is 2.45. The lowest BCUT2D eigenvalue weighted by molar-refractivity contribution is 1.31. The maximum atomic E-state index is 4.01. The summed E-state index contributed by atoms with van der Waals surface area (Å²) in [5.41, 5.74) is 7.87. The molecule has 3 rings (SSSR count). The van der Waals surface area contributed by atoms with Crippen LogP contribution in [0.3, 0.4) is 0 Å². The number of benzene rings is 2. The van der Waals surface area contributed by atoms with Gasteiger partial charge in [0.25, 0.3) is 0 Å². The topological polar surface area (TPSA) is 0 Å². The van der Waals surface area contributed by atoms with E-state index < -0.39 is 0 Å². The molecular weight excluding hydrogens is 216 g/mol. The zero-order chi connectivity index (χ0) is 12.5. The van der Waals surface area contributed by atoms with E-state index in [0.29, 0.717) is 0 Å². The lowest BCUT2D eigenvalue weighted by Gasteiger charge is -2.04. The van der Waals surface area contributed by atoms with E-state index in [0.717, 1.165) is 12.0 Å². The summed E-state index contributed by atoms with van der Waals surface area (Å²) in [6.07, 6.45) is 3.33. The Morgan fingerprint density at radius 3 is 2.56 bits per heavy atom. The summed E-state index contributed by atoms with van der Waals surface area (Å²) in [5, 5.41) is 0. The largest absolute Gasteiger partial charge is 0.0955 e. The van der Waals surface area contributed by atoms with E-state index in [-0.39, 0.29) is 0 Å². The average Bonchev–Trinajstić information content (AvgIpc) is 2.82. The standard InChI is InChI=1S/C18H16/c1-13(2)15-8-9-16-11-17(12-18(16)10-15)14-6-4-3-5-7-14/h3-11H,1,12H2,2H3. The van der Waals surface area contributed by atoms with Gasteiger partial charge in [-0.05, 0) is 41.2 Å². The van der Waals surface area contributed by atoms with Crippen LogP contribution in [0.4, 0.5) is 0 Å². The van der Waals surface area contributed by atoms with Gasteiger partial charge in [0.15, 0.2) is 0 Å². The molecule has 0 radical (unpaired) electrons. The Hall–Kier alpha value is -2.08. The van der Waals surface area contributed by atoms with Crippen LogP contribution in [0.15, 0.2) is 55.1 Å². The number of allylic oxidation sites excluding steroid dienone is 2. The Morgan fingerprint density at radius 1 is 1.06 bits per heavy atom. The van der Waals surface area contributed by atoms with E-state index in [1.807, 2.05) is 0 Å². The highest BCUT2D eigenvalue weighted by Crippen LogP contribution is 2.32. The van der Waals surface area contributed by atoms with Gasteiger partial charge in [0.05, 0.1) is 0 Å². The molecule has 2 aromatic rings. The van der Waals surface area contributed by atoms with Gasteiger partial charge in [-0.2, -0.15) is 0 Å². The van der Waals surface area contributed by atoms with Crippen LogP contribution in [0, 0.1) is 0 Å². The third-order valence-corrected chi connectivity index (χ3v) is 3.49. The molecule has 0 heterocycles. The van der Waals surface area contributed by atoms with Gasteiger partial charge in [-0.1, -0.05) is 66.8 Å². The molecule has 0 saturated heterocycles. The molecule has 88 valence electrons. The van der Waals surface area contributed by atoms with Gasteiger partial charge >= 0.3 is 0 Å². The van der Waals surface area contributed by atoms with Crippen LogP contribution < -0.4 is 0 Å². The molecule has 0 unspecified atom stereocenters. The van der Waals surface area contributed by atoms with Gasteiger partial charge in [0.2, 0.25) is 0 Å². The lowest BCUT2D eigenvalue weighted by Crippen LogP contribution is -1.87. The summed E-state index contributed by atoms with van der Waals surface area (Å²) in [6.45, 7) is 6.07. The molecule has 1 aliphatic rings. The minimum absolute atomic E-state index is 1.03. The van der Waals surface area contributed by atoms with Crippen LogP contribution in [0.1, 0.15) is 29.2 Å². The highest BCUT2D eigenvalue weighted by molar-refractivity contribution is 5.89. The Labute approximate surface area is 108 Å². The molecule has 0 fully saturated rings. The third-order valence-electron chi connectivity index (χ3n) is 3.49. The van der Waals surface area contributed by atoms with Crippen LogP contribution in [0.2, 0.25) is 0 Å². The van der Waals surface area contributed by atoms with Crippen molar-refractivity contribution in [3.8, 4) is 0 Å². The second kappa shape index (κ2) is 4.30. The molecule has 18 heavy (non-hydrogen) atoms. The molecule has 2 aromatic carbocycles. The maximum absolute atomic E-state index is 4.01. The quantitative estimate of drug-likeness (QED) is 0.696. The summed E-state index contributed by atoms with van der Waals surface area (Å²) >= 11 is 0. The van der Waals surface area contributed by atoms with E-state index in [1.54, 1.807) is 0 Å². The molecular formula is C18H16. The predicted octanol–water partition coefficient (Wildman–Crippen LogP) is 4.82. The molecule has 0 aromatic heterocycles. The minimum Gasteiger partial charge on any atom is -0.0955 e. The van der Waals surface area contributed by atoms with Crippen LogP contribution >= 0.6 is 0 Å². The predicted molar refractivity (Wildman–Crippen MR) is 79.2 cm³/mol. The van der Waals surface area contributed by atoms with Crippen molar-refractivity contribution in [2.45, 2.75) is 13.3 Å². The van der Waals surface area contributed by atoms with E-state index >= 15 is 0 Å². The second-order valence-corrected chi connectivity index (χ2v) is 4.91. The Balaban J connectivity index is 1.96. The normalized spacial score (nSPS) is 13.1. The van der Waals surface area contributed by atoms with Crippen molar-refractivity contribution < 1.29 is 0 Å². The first-order valence-corrected chi connectivity index (χ1v) is 6.29. The third kappa shape index (κ3) is 1.91. The number of rotatable bonds is 2. The molecule has 1 aliphatic carbocycles. The fraction of sp³-hybridized carbons (Fsp3) is 0.111. The Bertz CT molecular complexity index is 630. The van der Waals surface area contributed by atoms with E-state index in [2.05, 4.69) is 68.1 Å². The molecule has 0 atom stereocenters. The highest BCUT2D eigenvalue weighted by Gasteiger charge is 2.14. The SMILES string of the molecule is C=C(C)c1ccc2c(c1)CC(c1ccccc1)=C2. The summed E-state index contributed by atoms with van der Waals surface area (Å²) in [7, 11) is 0. The minimum atomic E-state index is 1.03. The van der Waals surface area contributed by atoms with Crippen molar-refractivity contribution in [2.24, 2.45) is 0 Å². The van der Waals surface area contributed by atoms with Crippen molar-refractivity contribution in [2.75, 3.05) is 0 Å². The van der Waals surface area contributed by atoms with Gasteiger partial charge in [0.1, 0.15) is 0 Å². The summed E-state index contributed by atoms with van der Waals surface area (Å²) in [6, 6.07) is 17.2. The van der Waals surface area contributed by atoms with E-state index in [4.69, 9.17) is 0 Å². The van der Waals surface area contributed by atoms with Crippen molar-refractivity contribution in [1.29, 1.82) is 0 Å². The number of fused-ring (bicyclic) bond motifs is 1. The number of hydrogen-bond donors (Lipinski definition) is 0. The van der Waals surface area contributed by atoms with Crippen LogP contribution in [-0.2, 0) is 6.42 Å². The van der Waals surface area contributed by atoms with Gasteiger partial charge in [-0.15, -0.1) is 0 Å². The molecule has 0 saturated carbocycles. The second-order valence-electron chi connectivity index (χ2n) is 4.91. The van der Waals surface area contributed by atoms with Crippen molar-refractivity contribution in [3.05, 3.63) is 77.4 Å². The highest BCUT2D eigenvalue weighted by atomic mass is 14.2. The summed E-state index contributed by atoms with van der Waals surface area (Å²) in [4.78, 5) is 0.